The highest BCUT2D eigenvalue weighted by molar-refractivity contribution is 6.30. The molecule has 164 valence electrons. The van der Waals surface area contributed by atoms with Crippen LogP contribution in [0, 0.1) is 0 Å². The summed E-state index contributed by atoms with van der Waals surface area (Å²) < 4.78 is 10.9. The number of rotatable bonds is 2. The minimum atomic E-state index is -1.21. The Bertz CT molecular complexity index is 1700. The number of aliphatic hydroxyl groups excluding tert-OH is 1. The molecule has 0 spiro atoms. The van der Waals surface area contributed by atoms with Crippen molar-refractivity contribution in [2.75, 3.05) is 6.61 Å². The molecule has 1 unspecified atom stereocenters. The van der Waals surface area contributed by atoms with E-state index in [4.69, 9.17) is 4.74 Å². The van der Waals surface area contributed by atoms with Gasteiger partial charge < -0.3 is 29.4 Å². The molecule has 3 N–H and O–H groups in total. The first-order valence-electron chi connectivity index (χ1n) is 11.4. The van der Waals surface area contributed by atoms with Gasteiger partial charge in [-0.05, 0) is 17.7 Å². The lowest BCUT2D eigenvalue weighted by Gasteiger charge is -2.30. The molecule has 3 aromatic carbocycles. The topological polar surface area (TPSA) is 88.7 Å². The van der Waals surface area contributed by atoms with Crippen LogP contribution in [0.25, 0.3) is 43.6 Å². The Morgan fingerprint density at radius 3 is 2.42 bits per heavy atom. The third kappa shape index (κ3) is 1.92. The molecule has 0 radical (unpaired) electrons. The molecular formula is C26H21N3O4. The number of ether oxygens (including phenoxy) is 1. The summed E-state index contributed by atoms with van der Waals surface area (Å²) in [7, 11) is 0. The Morgan fingerprint density at radius 1 is 1.00 bits per heavy atom. The van der Waals surface area contributed by atoms with Gasteiger partial charge in [0.2, 0.25) is 0 Å². The fourth-order valence-corrected chi connectivity index (χ4v) is 6.65. The van der Waals surface area contributed by atoms with Gasteiger partial charge in [-0.3, -0.25) is 4.79 Å². The number of benzene rings is 3. The van der Waals surface area contributed by atoms with Crippen molar-refractivity contribution in [2.45, 2.75) is 37.4 Å². The molecule has 1 amide bonds. The van der Waals surface area contributed by atoms with Crippen molar-refractivity contribution in [2.24, 2.45) is 0 Å². The molecule has 8 rings (SSSR count). The molecule has 5 heterocycles. The lowest BCUT2D eigenvalue weighted by atomic mass is 9.93. The Morgan fingerprint density at radius 2 is 1.67 bits per heavy atom. The predicted molar refractivity (Wildman–Crippen MR) is 124 cm³/mol. The first-order chi connectivity index (χ1) is 16.1. The number of carbonyl (C=O) groups is 1. The highest BCUT2D eigenvalue weighted by Crippen LogP contribution is 2.55. The second-order valence-electron chi connectivity index (χ2n) is 9.48. The first-order valence-corrected chi connectivity index (χ1v) is 11.4. The van der Waals surface area contributed by atoms with E-state index < -0.39 is 18.1 Å². The maximum Gasteiger partial charge on any atom is 0.252 e. The molecule has 2 bridgehead atoms. The lowest BCUT2D eigenvalue weighted by molar-refractivity contribution is -0.102. The van der Waals surface area contributed by atoms with E-state index in [1.807, 2.05) is 30.3 Å². The summed E-state index contributed by atoms with van der Waals surface area (Å²) in [5.41, 5.74) is 4.46. The molecule has 3 aliphatic heterocycles. The van der Waals surface area contributed by atoms with Crippen LogP contribution < -0.4 is 5.32 Å². The van der Waals surface area contributed by atoms with Crippen LogP contribution >= 0.6 is 0 Å². The zero-order valence-corrected chi connectivity index (χ0v) is 17.7. The predicted octanol–water partition coefficient (Wildman–Crippen LogP) is 3.69. The molecule has 33 heavy (non-hydrogen) atoms. The van der Waals surface area contributed by atoms with Crippen molar-refractivity contribution in [3.05, 3.63) is 59.7 Å². The summed E-state index contributed by atoms with van der Waals surface area (Å²) in [6, 6.07) is 16.2. The molecule has 7 heteroatoms. The van der Waals surface area contributed by atoms with Crippen molar-refractivity contribution in [1.82, 2.24) is 14.5 Å². The van der Waals surface area contributed by atoms with Gasteiger partial charge in [0.25, 0.3) is 5.91 Å². The Hall–Kier alpha value is -3.39. The van der Waals surface area contributed by atoms with Crippen LogP contribution in [0.2, 0.25) is 0 Å². The molecule has 0 aliphatic carbocycles. The van der Waals surface area contributed by atoms with Crippen LogP contribution in [0.5, 0.6) is 0 Å². The van der Waals surface area contributed by atoms with Crippen LogP contribution in [0.15, 0.2) is 48.5 Å². The quantitative estimate of drug-likeness (QED) is 0.391. The summed E-state index contributed by atoms with van der Waals surface area (Å²) >= 11 is 0. The van der Waals surface area contributed by atoms with E-state index in [-0.39, 0.29) is 18.9 Å². The van der Waals surface area contributed by atoms with Crippen molar-refractivity contribution < 1.29 is 19.7 Å². The van der Waals surface area contributed by atoms with Crippen LogP contribution in [0.1, 0.15) is 41.2 Å². The highest BCUT2D eigenvalue weighted by Gasteiger charge is 2.52. The standard InChI is InChI=1S/C26H21N3O4/c30-10-9-26(32)11-18-28-16-7-3-2-6-14(16)20-21-15(12-27-24(21)31)19-13-5-1-4-8-17(13)29(25(26)33-18)22(19)23(20)28/h1-8,18,25,30,32H,9-12H2,(H,27,31)/t18-,25?,26+/m0/s1. The number of nitrogens with zero attached hydrogens (tertiary/aromatic N) is 2. The van der Waals surface area contributed by atoms with Crippen molar-refractivity contribution in [3.8, 4) is 0 Å². The molecular weight excluding hydrogens is 418 g/mol. The van der Waals surface area contributed by atoms with Crippen molar-refractivity contribution >= 4 is 49.5 Å². The van der Waals surface area contributed by atoms with Gasteiger partial charge in [0.15, 0.2) is 6.23 Å². The number of carbonyl (C=O) groups excluding carboxylic acids is 1. The summed E-state index contributed by atoms with van der Waals surface area (Å²) in [5, 5.41) is 28.7. The number of fused-ring (bicyclic) bond motifs is 13. The van der Waals surface area contributed by atoms with Gasteiger partial charge in [-0.2, -0.15) is 0 Å². The second-order valence-corrected chi connectivity index (χ2v) is 9.48. The van der Waals surface area contributed by atoms with Gasteiger partial charge in [0.05, 0.1) is 27.6 Å². The molecule has 1 fully saturated rings. The van der Waals surface area contributed by atoms with E-state index in [1.54, 1.807) is 0 Å². The second kappa shape index (κ2) is 5.75. The fraction of sp³-hybridized carbons (Fsp3) is 0.269. The lowest BCUT2D eigenvalue weighted by Crippen LogP contribution is -2.37. The van der Waals surface area contributed by atoms with E-state index in [2.05, 4.69) is 32.7 Å². The van der Waals surface area contributed by atoms with E-state index >= 15 is 0 Å². The van der Waals surface area contributed by atoms with Gasteiger partial charge in [0.1, 0.15) is 11.8 Å². The average Bonchev–Trinajstić information content (AvgIpc) is 3.51. The Labute approximate surface area is 187 Å². The highest BCUT2D eigenvalue weighted by atomic mass is 16.6. The summed E-state index contributed by atoms with van der Waals surface area (Å²) in [5.74, 6) is -0.0428. The van der Waals surface area contributed by atoms with Gasteiger partial charge >= 0.3 is 0 Å². The minimum absolute atomic E-state index is 0.0428. The number of hydrogen-bond donors (Lipinski definition) is 3. The Kier molecular flexibility index (Phi) is 3.15. The average molecular weight is 439 g/mol. The summed E-state index contributed by atoms with van der Waals surface area (Å²) in [6.45, 7) is 0.354. The van der Waals surface area contributed by atoms with Crippen molar-refractivity contribution in [1.29, 1.82) is 0 Å². The summed E-state index contributed by atoms with van der Waals surface area (Å²) in [4.78, 5) is 13.1. The third-order valence-corrected chi connectivity index (χ3v) is 7.89. The normalized spacial score (nSPS) is 25.6. The van der Waals surface area contributed by atoms with E-state index in [0.717, 1.165) is 54.7 Å². The number of para-hydroxylation sites is 2. The van der Waals surface area contributed by atoms with Crippen LogP contribution in [-0.4, -0.2) is 37.5 Å². The smallest absolute Gasteiger partial charge is 0.252 e. The molecule has 0 saturated carbocycles. The maximum atomic E-state index is 13.1. The van der Waals surface area contributed by atoms with Gasteiger partial charge in [-0.1, -0.05) is 36.4 Å². The maximum absolute atomic E-state index is 13.1. The number of aromatic nitrogens is 2. The zero-order valence-electron chi connectivity index (χ0n) is 17.7. The Balaban J connectivity index is 1.71. The van der Waals surface area contributed by atoms with Gasteiger partial charge in [-0.15, -0.1) is 0 Å². The molecule has 2 aromatic heterocycles. The number of aliphatic hydroxyl groups is 2. The van der Waals surface area contributed by atoms with Crippen molar-refractivity contribution in [3.63, 3.8) is 0 Å². The van der Waals surface area contributed by atoms with Gasteiger partial charge in [-0.25, -0.2) is 0 Å². The molecule has 5 aromatic rings. The molecule has 3 aliphatic rings. The molecule has 3 atom stereocenters. The minimum Gasteiger partial charge on any atom is -0.396 e. The summed E-state index contributed by atoms with van der Waals surface area (Å²) in [6.07, 6.45) is -0.451. The van der Waals surface area contributed by atoms with E-state index in [0.29, 0.717) is 13.0 Å². The van der Waals surface area contributed by atoms with Crippen LogP contribution in [-0.2, 0) is 11.3 Å². The zero-order chi connectivity index (χ0) is 22.1. The number of hydrogen-bond acceptors (Lipinski definition) is 4. The van der Waals surface area contributed by atoms with Crippen LogP contribution in [0.3, 0.4) is 0 Å². The fourth-order valence-electron chi connectivity index (χ4n) is 6.65. The van der Waals surface area contributed by atoms with E-state index in [9.17, 15) is 15.0 Å². The SMILES string of the molecule is O=C1NCc2c1c1c3ccccc3n3c1c1c2c2ccccc2n1C1O[C@H]3C[C@]1(O)CCO. The monoisotopic (exact) mass is 439 g/mol. The molecule has 7 nitrogen and oxygen atoms in total. The van der Waals surface area contributed by atoms with E-state index in [1.165, 1.54) is 0 Å². The number of nitrogens with one attached hydrogen (secondary N) is 1. The van der Waals surface area contributed by atoms with Crippen LogP contribution in [0.4, 0.5) is 0 Å². The molecule has 1 saturated heterocycles. The number of amides is 1. The van der Waals surface area contributed by atoms with Gasteiger partial charge in [0, 0.05) is 47.5 Å². The largest absolute Gasteiger partial charge is 0.396 e. The third-order valence-electron chi connectivity index (χ3n) is 7.89. The first kappa shape index (κ1) is 18.1.